The van der Waals surface area contributed by atoms with Crippen molar-refractivity contribution in [2.45, 2.75) is 122 Å². The zero-order valence-electron chi connectivity index (χ0n) is 15.1. The molecule has 1 heterocycles. The number of hydrogen-bond donors (Lipinski definition) is 0. The van der Waals surface area contributed by atoms with Crippen LogP contribution in [0.25, 0.3) is 0 Å². The summed E-state index contributed by atoms with van der Waals surface area (Å²) >= 11 is 0. The fourth-order valence-electron chi connectivity index (χ4n) is 3.67. The lowest BCUT2D eigenvalue weighted by atomic mass is 10.0. The van der Waals surface area contributed by atoms with Crippen molar-refractivity contribution in [2.75, 3.05) is 0 Å². The smallest absolute Gasteiger partial charge is 0.190 e. The van der Waals surface area contributed by atoms with E-state index in [-0.39, 0.29) is 0 Å². The molecule has 0 aromatic carbocycles. The van der Waals surface area contributed by atoms with Gasteiger partial charge in [0.15, 0.2) is 8.32 Å². The summed E-state index contributed by atoms with van der Waals surface area (Å²) in [7, 11) is -1.29. The maximum atomic E-state index is 6.68. The van der Waals surface area contributed by atoms with Gasteiger partial charge in [-0.2, -0.15) is 0 Å². The van der Waals surface area contributed by atoms with Gasteiger partial charge >= 0.3 is 0 Å². The third kappa shape index (κ3) is 9.03. The normalized spacial score (nSPS) is 19.0. The molecule has 0 saturated carbocycles. The maximum Gasteiger partial charge on any atom is 0.190 e. The zero-order valence-corrected chi connectivity index (χ0v) is 16.1. The Morgan fingerprint density at radius 1 is 0.762 bits per heavy atom. The van der Waals surface area contributed by atoms with Gasteiger partial charge in [-0.1, -0.05) is 84.5 Å². The van der Waals surface area contributed by atoms with Crippen molar-refractivity contribution in [3.05, 3.63) is 0 Å². The molecule has 0 spiro atoms. The highest BCUT2D eigenvalue weighted by Gasteiger charge is 2.35. The lowest BCUT2D eigenvalue weighted by Gasteiger charge is -2.29. The van der Waals surface area contributed by atoms with E-state index < -0.39 is 8.32 Å². The topological polar surface area (TPSA) is 9.23 Å². The van der Waals surface area contributed by atoms with E-state index in [0.717, 1.165) is 0 Å². The van der Waals surface area contributed by atoms with Gasteiger partial charge in [0.05, 0.1) is 0 Å². The third-order valence-corrected chi connectivity index (χ3v) is 8.85. The number of unbranched alkanes of at least 4 members (excludes halogenated alkanes) is 7. The number of rotatable bonds is 13. The molecule has 0 bridgehead atoms. The van der Waals surface area contributed by atoms with Crippen LogP contribution < -0.4 is 0 Å². The molecule has 0 aliphatic carbocycles. The maximum absolute atomic E-state index is 6.68. The zero-order chi connectivity index (χ0) is 15.4. The first kappa shape index (κ1) is 19.2. The molecule has 1 nitrogen and oxygen atoms in total. The first-order valence-electron chi connectivity index (χ1n) is 9.88. The molecule has 0 N–H and O–H groups in total. The van der Waals surface area contributed by atoms with Crippen LogP contribution in [0, 0.1) is 0 Å². The summed E-state index contributed by atoms with van der Waals surface area (Å²) in [5, 5.41) is 0. The summed E-state index contributed by atoms with van der Waals surface area (Å²) in [6, 6.07) is 2.85. The minimum atomic E-state index is -1.29. The Bertz CT molecular complexity index is 236. The Morgan fingerprint density at radius 3 is 1.90 bits per heavy atom. The van der Waals surface area contributed by atoms with Crippen molar-refractivity contribution in [3.63, 3.8) is 0 Å². The molecule has 1 aliphatic heterocycles. The van der Waals surface area contributed by atoms with Crippen LogP contribution in [0.3, 0.4) is 0 Å². The molecule has 0 aromatic heterocycles. The van der Waals surface area contributed by atoms with Gasteiger partial charge in [-0.25, -0.2) is 0 Å². The fourth-order valence-corrected chi connectivity index (χ4v) is 7.19. The molecular formula is C19H40OSi. The molecule has 21 heavy (non-hydrogen) atoms. The highest BCUT2D eigenvalue weighted by molar-refractivity contribution is 6.73. The van der Waals surface area contributed by atoms with Crippen LogP contribution in [0.2, 0.25) is 18.6 Å². The molecule has 1 unspecified atom stereocenters. The fraction of sp³-hybridized carbons (Fsp3) is 1.00. The lowest BCUT2D eigenvalue weighted by molar-refractivity contribution is 0.163. The van der Waals surface area contributed by atoms with Crippen molar-refractivity contribution in [2.24, 2.45) is 0 Å². The summed E-state index contributed by atoms with van der Waals surface area (Å²) < 4.78 is 6.68. The quantitative estimate of drug-likeness (QED) is 0.261. The van der Waals surface area contributed by atoms with Crippen LogP contribution in [-0.4, -0.2) is 14.4 Å². The second-order valence-corrected chi connectivity index (χ2v) is 11.6. The minimum Gasteiger partial charge on any atom is -0.414 e. The summed E-state index contributed by atoms with van der Waals surface area (Å²) in [6.45, 7) is 7.09. The average Bonchev–Trinajstić information content (AvgIpc) is 2.90. The van der Waals surface area contributed by atoms with Crippen molar-refractivity contribution in [1.29, 1.82) is 0 Å². The van der Waals surface area contributed by atoms with E-state index in [2.05, 4.69) is 20.4 Å². The van der Waals surface area contributed by atoms with Crippen LogP contribution in [-0.2, 0) is 4.43 Å². The van der Waals surface area contributed by atoms with Crippen LogP contribution >= 0.6 is 0 Å². The Morgan fingerprint density at radius 2 is 1.29 bits per heavy atom. The van der Waals surface area contributed by atoms with E-state index in [9.17, 15) is 0 Å². The largest absolute Gasteiger partial charge is 0.414 e. The van der Waals surface area contributed by atoms with E-state index in [0.29, 0.717) is 6.10 Å². The number of hydrogen-bond acceptors (Lipinski definition) is 1. The summed E-state index contributed by atoms with van der Waals surface area (Å²) in [5.74, 6) is 0. The van der Waals surface area contributed by atoms with Crippen molar-refractivity contribution in [1.82, 2.24) is 0 Å². The van der Waals surface area contributed by atoms with E-state index in [1.54, 1.807) is 0 Å². The van der Waals surface area contributed by atoms with E-state index in [1.807, 2.05) is 0 Å². The third-order valence-electron chi connectivity index (χ3n) is 5.12. The van der Waals surface area contributed by atoms with E-state index in [4.69, 9.17) is 4.43 Å². The average molecular weight is 313 g/mol. The predicted molar refractivity (Wildman–Crippen MR) is 97.5 cm³/mol. The lowest BCUT2D eigenvalue weighted by Crippen LogP contribution is -2.35. The Hall–Kier alpha value is 0.177. The molecule has 0 amide bonds. The highest BCUT2D eigenvalue weighted by atomic mass is 28.4. The summed E-state index contributed by atoms with van der Waals surface area (Å²) in [6.07, 6.45) is 18.7. The van der Waals surface area contributed by atoms with Crippen molar-refractivity contribution >= 4 is 8.32 Å². The first-order chi connectivity index (χ1) is 10.2. The monoisotopic (exact) mass is 312 g/mol. The van der Waals surface area contributed by atoms with Gasteiger partial charge in [0.2, 0.25) is 0 Å². The van der Waals surface area contributed by atoms with E-state index >= 15 is 0 Å². The van der Waals surface area contributed by atoms with Crippen LogP contribution in [0.1, 0.15) is 97.3 Å². The van der Waals surface area contributed by atoms with Gasteiger partial charge in [-0.3, -0.25) is 0 Å². The van der Waals surface area contributed by atoms with Crippen LogP contribution in [0.5, 0.6) is 0 Å². The molecule has 1 atom stereocenters. The Labute approximate surface area is 135 Å². The Balaban J connectivity index is 2.16. The summed E-state index contributed by atoms with van der Waals surface area (Å²) in [4.78, 5) is 0. The SMILES string of the molecule is CCCCCCCCCC(CCCC)O[Si]1(C)CCCC1. The molecule has 1 fully saturated rings. The van der Waals surface area contributed by atoms with Gasteiger partial charge < -0.3 is 4.43 Å². The summed E-state index contributed by atoms with van der Waals surface area (Å²) in [5.41, 5.74) is 0. The van der Waals surface area contributed by atoms with Gasteiger partial charge in [-0.05, 0) is 31.5 Å². The van der Waals surface area contributed by atoms with Crippen LogP contribution in [0.4, 0.5) is 0 Å². The van der Waals surface area contributed by atoms with Crippen molar-refractivity contribution < 1.29 is 4.43 Å². The van der Waals surface area contributed by atoms with Gasteiger partial charge in [0.25, 0.3) is 0 Å². The second kappa shape index (κ2) is 11.7. The van der Waals surface area contributed by atoms with Crippen LogP contribution in [0.15, 0.2) is 0 Å². The first-order valence-corrected chi connectivity index (χ1v) is 12.7. The second-order valence-electron chi connectivity index (χ2n) is 7.45. The minimum absolute atomic E-state index is 0.593. The van der Waals surface area contributed by atoms with Gasteiger partial charge in [0.1, 0.15) is 0 Å². The molecule has 0 radical (unpaired) electrons. The predicted octanol–water partition coefficient (Wildman–Crippen LogP) is 7.07. The standard InChI is InChI=1S/C19H40OSi/c1-4-6-8-9-10-11-12-16-19(15-7-5-2)20-21(3)17-13-14-18-21/h19H,4-18H2,1-3H3. The van der Waals surface area contributed by atoms with Gasteiger partial charge in [-0.15, -0.1) is 0 Å². The molecule has 1 rings (SSSR count). The highest BCUT2D eigenvalue weighted by Crippen LogP contribution is 2.33. The molecule has 0 aromatic rings. The molecule has 1 saturated heterocycles. The molecular weight excluding hydrogens is 272 g/mol. The molecule has 2 heteroatoms. The Kier molecular flexibility index (Phi) is 10.7. The van der Waals surface area contributed by atoms with Gasteiger partial charge in [0, 0.05) is 6.10 Å². The van der Waals surface area contributed by atoms with E-state index in [1.165, 1.54) is 95.6 Å². The molecule has 1 aliphatic rings. The van der Waals surface area contributed by atoms with Crippen molar-refractivity contribution in [3.8, 4) is 0 Å². The molecule has 126 valence electrons.